The summed E-state index contributed by atoms with van der Waals surface area (Å²) in [6.45, 7) is 1.74. The molecule has 0 radical (unpaired) electrons. The van der Waals surface area contributed by atoms with Crippen LogP contribution in [0, 0.1) is 0 Å². The average Bonchev–Trinajstić information content (AvgIpc) is 2.27. The van der Waals surface area contributed by atoms with Crippen molar-refractivity contribution in [1.29, 1.82) is 0 Å². The van der Waals surface area contributed by atoms with E-state index in [1.165, 1.54) is 0 Å². The molecular formula is C13H17ClF3NO. The van der Waals surface area contributed by atoms with Crippen LogP contribution in [0.4, 0.5) is 13.2 Å². The van der Waals surface area contributed by atoms with Gasteiger partial charge in [0.2, 0.25) is 0 Å². The van der Waals surface area contributed by atoms with Crippen molar-refractivity contribution in [2.24, 2.45) is 5.73 Å². The maximum atomic E-state index is 12.0. The summed E-state index contributed by atoms with van der Waals surface area (Å²) in [5.41, 5.74) is 5.81. The number of nitrogens with two attached hydrogens (primary N) is 1. The Morgan fingerprint density at radius 3 is 2.63 bits per heavy atom. The molecule has 0 saturated heterocycles. The summed E-state index contributed by atoms with van der Waals surface area (Å²) >= 11 is 5.81. The molecule has 0 bridgehead atoms. The number of alkyl halides is 3. The van der Waals surface area contributed by atoms with Gasteiger partial charge in [-0.1, -0.05) is 17.7 Å². The fraction of sp³-hybridized carbons (Fsp3) is 0.538. The van der Waals surface area contributed by atoms with Gasteiger partial charge in [-0.05, 0) is 38.0 Å². The van der Waals surface area contributed by atoms with Crippen LogP contribution in [0.5, 0.6) is 5.75 Å². The molecule has 2 unspecified atom stereocenters. The van der Waals surface area contributed by atoms with Gasteiger partial charge in [0.1, 0.15) is 11.9 Å². The highest BCUT2D eigenvalue weighted by molar-refractivity contribution is 6.30. The molecule has 0 saturated carbocycles. The molecule has 0 spiro atoms. The van der Waals surface area contributed by atoms with E-state index >= 15 is 0 Å². The predicted molar refractivity (Wildman–Crippen MR) is 69.4 cm³/mol. The van der Waals surface area contributed by atoms with E-state index in [1.807, 2.05) is 0 Å². The highest BCUT2D eigenvalue weighted by atomic mass is 35.5. The Morgan fingerprint density at radius 2 is 2.05 bits per heavy atom. The van der Waals surface area contributed by atoms with E-state index in [9.17, 15) is 13.2 Å². The maximum absolute atomic E-state index is 12.0. The van der Waals surface area contributed by atoms with E-state index in [1.54, 1.807) is 31.2 Å². The molecule has 0 aliphatic carbocycles. The highest BCUT2D eigenvalue weighted by Gasteiger charge is 2.27. The Bertz CT molecular complexity index is 398. The molecule has 1 aromatic carbocycles. The minimum atomic E-state index is -4.13. The quantitative estimate of drug-likeness (QED) is 0.855. The Morgan fingerprint density at radius 1 is 1.37 bits per heavy atom. The van der Waals surface area contributed by atoms with Gasteiger partial charge in [0.05, 0.1) is 0 Å². The fourth-order valence-corrected chi connectivity index (χ4v) is 1.80. The zero-order chi connectivity index (χ0) is 14.5. The molecule has 0 fully saturated rings. The van der Waals surface area contributed by atoms with E-state index in [4.69, 9.17) is 22.1 Å². The molecule has 0 aliphatic rings. The van der Waals surface area contributed by atoms with Gasteiger partial charge in [-0.15, -0.1) is 0 Å². The van der Waals surface area contributed by atoms with E-state index in [0.29, 0.717) is 10.8 Å². The van der Waals surface area contributed by atoms with E-state index < -0.39 is 18.6 Å². The summed E-state index contributed by atoms with van der Waals surface area (Å²) < 4.78 is 41.6. The molecule has 6 heteroatoms. The Kier molecular flexibility index (Phi) is 5.94. The first-order valence-corrected chi connectivity index (χ1v) is 6.40. The second kappa shape index (κ2) is 7.01. The smallest absolute Gasteiger partial charge is 0.389 e. The number of hydrogen-bond acceptors (Lipinski definition) is 2. The molecular weight excluding hydrogens is 279 g/mol. The van der Waals surface area contributed by atoms with Crippen molar-refractivity contribution in [2.75, 3.05) is 0 Å². The van der Waals surface area contributed by atoms with Crippen molar-refractivity contribution in [2.45, 2.75) is 44.5 Å². The van der Waals surface area contributed by atoms with Gasteiger partial charge in [0.25, 0.3) is 0 Å². The molecule has 1 rings (SSSR count). The minimum absolute atomic E-state index is 0.00785. The molecule has 1 aromatic rings. The lowest BCUT2D eigenvalue weighted by atomic mass is 10.1. The first-order chi connectivity index (χ1) is 8.78. The van der Waals surface area contributed by atoms with Gasteiger partial charge < -0.3 is 10.5 Å². The van der Waals surface area contributed by atoms with Gasteiger partial charge in [-0.3, -0.25) is 0 Å². The molecule has 2 atom stereocenters. The predicted octanol–water partition coefficient (Wildman–Crippen LogP) is 4.17. The SMILES string of the molecule is CC(Oc1cccc(Cl)c1)C(N)CCCC(F)(F)F. The molecule has 0 aliphatic heterocycles. The van der Waals surface area contributed by atoms with Gasteiger partial charge >= 0.3 is 6.18 Å². The fourth-order valence-electron chi connectivity index (χ4n) is 1.62. The van der Waals surface area contributed by atoms with Gasteiger partial charge in [-0.25, -0.2) is 0 Å². The topological polar surface area (TPSA) is 35.2 Å². The highest BCUT2D eigenvalue weighted by Crippen LogP contribution is 2.24. The van der Waals surface area contributed by atoms with Crippen molar-refractivity contribution in [3.63, 3.8) is 0 Å². The minimum Gasteiger partial charge on any atom is -0.489 e. The van der Waals surface area contributed by atoms with E-state index in [0.717, 1.165) is 0 Å². The van der Waals surface area contributed by atoms with Crippen molar-refractivity contribution < 1.29 is 17.9 Å². The maximum Gasteiger partial charge on any atom is 0.389 e. The summed E-state index contributed by atoms with van der Waals surface area (Å²) in [7, 11) is 0. The molecule has 2 N–H and O–H groups in total. The first-order valence-electron chi connectivity index (χ1n) is 6.02. The van der Waals surface area contributed by atoms with E-state index in [2.05, 4.69) is 0 Å². The van der Waals surface area contributed by atoms with Crippen molar-refractivity contribution in [3.8, 4) is 5.75 Å². The molecule has 0 amide bonds. The number of benzene rings is 1. The first kappa shape index (κ1) is 16.1. The number of ether oxygens (including phenoxy) is 1. The van der Waals surface area contributed by atoms with Gasteiger partial charge in [0.15, 0.2) is 0 Å². The number of rotatable bonds is 6. The lowest BCUT2D eigenvalue weighted by Crippen LogP contribution is -2.36. The van der Waals surface area contributed by atoms with Crippen molar-refractivity contribution in [1.82, 2.24) is 0 Å². The summed E-state index contributed by atoms with van der Waals surface area (Å²) in [5.74, 6) is 0.561. The summed E-state index contributed by atoms with van der Waals surface area (Å²) in [6, 6.07) is 6.37. The van der Waals surface area contributed by atoms with Crippen LogP contribution >= 0.6 is 11.6 Å². The lowest BCUT2D eigenvalue weighted by molar-refractivity contribution is -0.136. The van der Waals surface area contributed by atoms with Crippen LogP contribution in [0.1, 0.15) is 26.2 Å². The third kappa shape index (κ3) is 6.68. The van der Waals surface area contributed by atoms with Crippen LogP contribution in [0.3, 0.4) is 0 Å². The van der Waals surface area contributed by atoms with Crippen LogP contribution in [0.15, 0.2) is 24.3 Å². The molecule has 0 aromatic heterocycles. The standard InChI is InChI=1S/C13H17ClF3NO/c1-9(12(18)6-3-7-13(15,16)17)19-11-5-2-4-10(14)8-11/h2,4-5,8-9,12H,3,6-7,18H2,1H3. The normalized spacial score (nSPS) is 15.1. The summed E-state index contributed by atoms with van der Waals surface area (Å²) in [6.07, 6.45) is -5.04. The average molecular weight is 296 g/mol. The zero-order valence-corrected chi connectivity index (χ0v) is 11.3. The summed E-state index contributed by atoms with van der Waals surface area (Å²) in [5, 5.41) is 0.537. The number of hydrogen-bond donors (Lipinski definition) is 1. The van der Waals surface area contributed by atoms with Crippen LogP contribution in [0.25, 0.3) is 0 Å². The van der Waals surface area contributed by atoms with Crippen LogP contribution in [-0.4, -0.2) is 18.3 Å². The van der Waals surface area contributed by atoms with Gasteiger partial charge in [-0.2, -0.15) is 13.2 Å². The lowest BCUT2D eigenvalue weighted by Gasteiger charge is -2.21. The molecule has 19 heavy (non-hydrogen) atoms. The Labute approximate surface area is 115 Å². The van der Waals surface area contributed by atoms with Gasteiger partial charge in [0, 0.05) is 17.5 Å². The molecule has 0 heterocycles. The third-order valence-corrected chi connectivity index (χ3v) is 2.95. The zero-order valence-electron chi connectivity index (χ0n) is 10.6. The Balaban J connectivity index is 2.38. The second-order valence-corrected chi connectivity index (χ2v) is 4.89. The third-order valence-electron chi connectivity index (χ3n) is 2.72. The summed E-state index contributed by atoms with van der Waals surface area (Å²) in [4.78, 5) is 0. The molecule has 2 nitrogen and oxygen atoms in total. The van der Waals surface area contributed by atoms with Crippen molar-refractivity contribution in [3.05, 3.63) is 29.3 Å². The molecule has 108 valence electrons. The second-order valence-electron chi connectivity index (χ2n) is 4.45. The van der Waals surface area contributed by atoms with Crippen LogP contribution in [0.2, 0.25) is 5.02 Å². The Hall–Kier alpha value is -0.940. The van der Waals surface area contributed by atoms with Crippen LogP contribution in [-0.2, 0) is 0 Å². The monoisotopic (exact) mass is 295 g/mol. The van der Waals surface area contributed by atoms with E-state index in [-0.39, 0.29) is 18.9 Å². The number of halogens is 4. The van der Waals surface area contributed by atoms with Crippen LogP contribution < -0.4 is 10.5 Å². The largest absolute Gasteiger partial charge is 0.489 e. The van der Waals surface area contributed by atoms with Crippen molar-refractivity contribution >= 4 is 11.6 Å².